The number of carbonyl (C=O) groups excluding carboxylic acids is 1. The van der Waals surface area contributed by atoms with E-state index in [0.717, 1.165) is 11.1 Å². The Hall–Kier alpha value is -2.69. The molecule has 0 aliphatic heterocycles. The van der Waals surface area contributed by atoms with Crippen LogP contribution < -0.4 is 10.2 Å². The van der Waals surface area contributed by atoms with E-state index in [9.17, 15) is 4.79 Å². The molecule has 5 nitrogen and oxygen atoms in total. The lowest BCUT2D eigenvalue weighted by atomic mass is 10.2. The number of nitrogens with zero attached hydrogens (tertiary/aromatic N) is 2. The molecule has 0 radical (unpaired) electrons. The van der Waals surface area contributed by atoms with Crippen LogP contribution in [0.3, 0.4) is 0 Å². The lowest BCUT2D eigenvalue weighted by Crippen LogP contribution is -2.33. The predicted molar refractivity (Wildman–Crippen MR) is 81.2 cm³/mol. The van der Waals surface area contributed by atoms with Crippen LogP contribution in [-0.2, 0) is 4.79 Å². The number of pyridine rings is 1. The van der Waals surface area contributed by atoms with Crippen molar-refractivity contribution in [3.05, 3.63) is 59.9 Å². The summed E-state index contributed by atoms with van der Waals surface area (Å²) in [6.07, 6.45) is 4.25. The first kappa shape index (κ1) is 14.7. The highest BCUT2D eigenvalue weighted by Crippen LogP contribution is 2.14. The molecular weight excluding hydrogens is 266 g/mol. The van der Waals surface area contributed by atoms with Crippen molar-refractivity contribution in [2.24, 2.45) is 5.10 Å². The number of carbonyl (C=O) groups is 1. The third-order valence-corrected chi connectivity index (χ3v) is 2.77. The molecule has 2 rings (SSSR count). The second-order valence-electron chi connectivity index (χ2n) is 4.59. The molecule has 5 heteroatoms. The van der Waals surface area contributed by atoms with Gasteiger partial charge in [0.1, 0.15) is 5.75 Å². The molecule has 1 heterocycles. The van der Waals surface area contributed by atoms with Crippen LogP contribution in [0.15, 0.2) is 53.9 Å². The van der Waals surface area contributed by atoms with Gasteiger partial charge in [-0.25, -0.2) is 5.43 Å². The summed E-state index contributed by atoms with van der Waals surface area (Å²) < 4.78 is 5.56. The van der Waals surface area contributed by atoms with Crippen molar-refractivity contribution >= 4 is 12.1 Å². The van der Waals surface area contributed by atoms with Crippen LogP contribution in [0.4, 0.5) is 0 Å². The van der Waals surface area contributed by atoms with Gasteiger partial charge in [-0.2, -0.15) is 5.10 Å². The summed E-state index contributed by atoms with van der Waals surface area (Å²) in [4.78, 5) is 15.8. The van der Waals surface area contributed by atoms with Crippen LogP contribution in [0, 0.1) is 6.92 Å². The zero-order valence-corrected chi connectivity index (χ0v) is 12.0. The Morgan fingerprint density at radius 3 is 2.81 bits per heavy atom. The molecule has 1 atom stereocenters. The van der Waals surface area contributed by atoms with Gasteiger partial charge >= 0.3 is 0 Å². The van der Waals surface area contributed by atoms with Gasteiger partial charge in [0.15, 0.2) is 6.10 Å². The Balaban J connectivity index is 1.87. The first-order chi connectivity index (χ1) is 10.1. The van der Waals surface area contributed by atoms with Gasteiger partial charge in [0, 0.05) is 12.4 Å². The monoisotopic (exact) mass is 283 g/mol. The normalized spacial score (nSPS) is 12.1. The van der Waals surface area contributed by atoms with Crippen molar-refractivity contribution in [3.8, 4) is 5.75 Å². The number of rotatable bonds is 5. The van der Waals surface area contributed by atoms with E-state index in [2.05, 4.69) is 15.5 Å². The topological polar surface area (TPSA) is 63.6 Å². The van der Waals surface area contributed by atoms with E-state index in [1.165, 1.54) is 0 Å². The van der Waals surface area contributed by atoms with Crippen molar-refractivity contribution in [2.45, 2.75) is 20.0 Å². The molecule has 0 bridgehead atoms. The summed E-state index contributed by atoms with van der Waals surface area (Å²) in [6.45, 7) is 3.65. The number of amides is 1. The van der Waals surface area contributed by atoms with Crippen LogP contribution in [0.2, 0.25) is 0 Å². The Bertz CT molecular complexity index is 626. The van der Waals surface area contributed by atoms with E-state index in [1.54, 1.807) is 37.7 Å². The maximum atomic E-state index is 11.9. The van der Waals surface area contributed by atoms with Crippen molar-refractivity contribution in [3.63, 3.8) is 0 Å². The molecule has 1 aromatic heterocycles. The third kappa shape index (κ3) is 4.72. The molecule has 0 fully saturated rings. The SMILES string of the molecule is Cc1cccc(O[C@@H](C)C(=O)N/N=C\c2ccncc2)c1. The van der Waals surface area contributed by atoms with Crippen molar-refractivity contribution < 1.29 is 9.53 Å². The van der Waals surface area contributed by atoms with E-state index in [4.69, 9.17) is 4.74 Å². The lowest BCUT2D eigenvalue weighted by Gasteiger charge is -2.13. The highest BCUT2D eigenvalue weighted by atomic mass is 16.5. The fourth-order valence-electron chi connectivity index (χ4n) is 1.66. The molecular formula is C16H17N3O2. The predicted octanol–water partition coefficient (Wildman–Crippen LogP) is 2.31. The number of ether oxygens (including phenoxy) is 1. The minimum Gasteiger partial charge on any atom is -0.481 e. The van der Waals surface area contributed by atoms with E-state index in [1.807, 2.05) is 31.2 Å². The number of hydrazone groups is 1. The number of aryl methyl sites for hydroxylation is 1. The van der Waals surface area contributed by atoms with E-state index in [0.29, 0.717) is 5.75 Å². The number of benzene rings is 1. The van der Waals surface area contributed by atoms with Gasteiger partial charge in [-0.05, 0) is 49.2 Å². The maximum absolute atomic E-state index is 11.9. The summed E-state index contributed by atoms with van der Waals surface area (Å²) in [5.41, 5.74) is 4.39. The summed E-state index contributed by atoms with van der Waals surface area (Å²) in [7, 11) is 0. The first-order valence-corrected chi connectivity index (χ1v) is 6.61. The highest BCUT2D eigenvalue weighted by Gasteiger charge is 2.13. The molecule has 1 N–H and O–H groups in total. The molecule has 0 spiro atoms. The van der Waals surface area contributed by atoms with E-state index < -0.39 is 6.10 Å². The van der Waals surface area contributed by atoms with E-state index in [-0.39, 0.29) is 5.91 Å². The molecule has 0 saturated carbocycles. The molecule has 0 aliphatic rings. The number of hydrogen-bond donors (Lipinski definition) is 1. The molecule has 1 amide bonds. The Labute approximate surface area is 123 Å². The quantitative estimate of drug-likeness (QED) is 0.676. The average Bonchev–Trinajstić information content (AvgIpc) is 2.48. The molecule has 0 aliphatic carbocycles. The number of aromatic nitrogens is 1. The van der Waals surface area contributed by atoms with Gasteiger partial charge in [0.25, 0.3) is 5.91 Å². The molecule has 0 saturated heterocycles. The smallest absolute Gasteiger partial charge is 0.280 e. The fourth-order valence-corrected chi connectivity index (χ4v) is 1.66. The molecule has 108 valence electrons. The maximum Gasteiger partial charge on any atom is 0.280 e. The summed E-state index contributed by atoms with van der Waals surface area (Å²) in [5, 5.41) is 3.89. The molecule has 0 unspecified atom stereocenters. The summed E-state index contributed by atoms with van der Waals surface area (Å²) in [6, 6.07) is 11.1. The van der Waals surface area contributed by atoms with Crippen LogP contribution in [-0.4, -0.2) is 23.2 Å². The van der Waals surface area contributed by atoms with Crippen molar-refractivity contribution in [1.29, 1.82) is 0 Å². The molecule has 2 aromatic rings. The Morgan fingerprint density at radius 1 is 1.33 bits per heavy atom. The lowest BCUT2D eigenvalue weighted by molar-refractivity contribution is -0.127. The zero-order chi connectivity index (χ0) is 15.1. The fraction of sp³-hybridized carbons (Fsp3) is 0.188. The first-order valence-electron chi connectivity index (χ1n) is 6.61. The molecule has 1 aromatic carbocycles. The number of nitrogens with one attached hydrogen (secondary N) is 1. The van der Waals surface area contributed by atoms with Gasteiger partial charge in [-0.15, -0.1) is 0 Å². The minimum absolute atomic E-state index is 0.304. The van der Waals surface area contributed by atoms with Crippen molar-refractivity contribution in [2.75, 3.05) is 0 Å². The Kier molecular flexibility index (Phi) is 5.04. The minimum atomic E-state index is -0.624. The van der Waals surface area contributed by atoms with Gasteiger partial charge in [-0.3, -0.25) is 9.78 Å². The third-order valence-electron chi connectivity index (χ3n) is 2.77. The van der Waals surface area contributed by atoms with Crippen LogP contribution in [0.25, 0.3) is 0 Å². The zero-order valence-electron chi connectivity index (χ0n) is 12.0. The van der Waals surface area contributed by atoms with Gasteiger partial charge in [0.05, 0.1) is 6.21 Å². The van der Waals surface area contributed by atoms with Gasteiger partial charge in [0.2, 0.25) is 0 Å². The standard InChI is InChI=1S/C16H17N3O2/c1-12-4-3-5-15(10-12)21-13(2)16(20)19-18-11-14-6-8-17-9-7-14/h3-11,13H,1-2H3,(H,19,20)/b18-11-/t13-/m0/s1. The molecule has 21 heavy (non-hydrogen) atoms. The Morgan fingerprint density at radius 2 is 2.10 bits per heavy atom. The van der Waals surface area contributed by atoms with Crippen LogP contribution in [0.1, 0.15) is 18.1 Å². The van der Waals surface area contributed by atoms with E-state index >= 15 is 0 Å². The van der Waals surface area contributed by atoms with Gasteiger partial charge < -0.3 is 4.74 Å². The largest absolute Gasteiger partial charge is 0.481 e. The van der Waals surface area contributed by atoms with Gasteiger partial charge in [-0.1, -0.05) is 12.1 Å². The van der Waals surface area contributed by atoms with Crippen LogP contribution >= 0.6 is 0 Å². The highest BCUT2D eigenvalue weighted by molar-refractivity contribution is 5.84. The van der Waals surface area contributed by atoms with Crippen LogP contribution in [0.5, 0.6) is 5.75 Å². The number of hydrogen-bond acceptors (Lipinski definition) is 4. The second-order valence-corrected chi connectivity index (χ2v) is 4.59. The van der Waals surface area contributed by atoms with Crippen molar-refractivity contribution in [1.82, 2.24) is 10.4 Å². The second kappa shape index (κ2) is 7.19. The summed E-state index contributed by atoms with van der Waals surface area (Å²) in [5.74, 6) is 0.359. The summed E-state index contributed by atoms with van der Waals surface area (Å²) >= 11 is 0. The average molecular weight is 283 g/mol.